The van der Waals surface area contributed by atoms with Gasteiger partial charge in [-0.1, -0.05) is 0 Å². The standard InChI is InChI=1S/C18H14F2N4O2/c19-13-4-3-12(8-14(13)20)16-23-15(17(25)26-16)7-11-9-21-18(22-10-11)24-5-1-2-6-24/h3-4,7-10H,1-2,5-6H2/b15-7+. The maximum Gasteiger partial charge on any atom is 0.363 e. The van der Waals surface area contributed by atoms with Crippen molar-refractivity contribution in [2.24, 2.45) is 4.99 Å². The molecule has 0 N–H and O–H groups in total. The number of rotatable bonds is 3. The first kappa shape index (κ1) is 16.3. The number of hydrogen-bond acceptors (Lipinski definition) is 6. The van der Waals surface area contributed by atoms with Crippen LogP contribution in [-0.4, -0.2) is 34.9 Å². The number of aromatic nitrogens is 2. The maximum atomic E-state index is 13.3. The number of carbonyl (C=O) groups excluding carboxylic acids is 1. The molecule has 2 aliphatic heterocycles. The van der Waals surface area contributed by atoms with E-state index >= 15 is 0 Å². The molecule has 0 radical (unpaired) electrons. The van der Waals surface area contributed by atoms with Crippen LogP contribution in [0, 0.1) is 11.6 Å². The van der Waals surface area contributed by atoms with E-state index in [1.54, 1.807) is 12.4 Å². The Morgan fingerprint density at radius 1 is 1.08 bits per heavy atom. The van der Waals surface area contributed by atoms with Crippen LogP contribution in [0.15, 0.2) is 41.3 Å². The number of nitrogens with zero attached hydrogens (tertiary/aromatic N) is 4. The molecule has 3 heterocycles. The summed E-state index contributed by atoms with van der Waals surface area (Å²) in [6.45, 7) is 1.88. The van der Waals surface area contributed by atoms with Crippen molar-refractivity contribution in [1.29, 1.82) is 0 Å². The molecule has 0 atom stereocenters. The van der Waals surface area contributed by atoms with Crippen LogP contribution in [0.5, 0.6) is 0 Å². The molecule has 2 aliphatic rings. The third kappa shape index (κ3) is 3.17. The summed E-state index contributed by atoms with van der Waals surface area (Å²) in [4.78, 5) is 26.7. The second kappa shape index (κ2) is 6.62. The Morgan fingerprint density at radius 2 is 1.81 bits per heavy atom. The molecule has 0 unspecified atom stereocenters. The fourth-order valence-electron chi connectivity index (χ4n) is 2.81. The summed E-state index contributed by atoms with van der Waals surface area (Å²) in [5, 5.41) is 0. The van der Waals surface area contributed by atoms with E-state index in [4.69, 9.17) is 4.74 Å². The molecular formula is C18H14F2N4O2. The van der Waals surface area contributed by atoms with Gasteiger partial charge in [0.1, 0.15) is 0 Å². The van der Waals surface area contributed by atoms with Gasteiger partial charge in [0.05, 0.1) is 0 Å². The Balaban J connectivity index is 1.57. The van der Waals surface area contributed by atoms with Gasteiger partial charge in [-0.2, -0.15) is 0 Å². The van der Waals surface area contributed by atoms with E-state index in [1.165, 1.54) is 12.1 Å². The van der Waals surface area contributed by atoms with Gasteiger partial charge in [-0.05, 0) is 37.1 Å². The smallest absolute Gasteiger partial charge is 0.363 e. The van der Waals surface area contributed by atoms with Crippen molar-refractivity contribution in [2.75, 3.05) is 18.0 Å². The van der Waals surface area contributed by atoms with E-state index in [-0.39, 0.29) is 17.2 Å². The maximum absolute atomic E-state index is 13.3. The van der Waals surface area contributed by atoms with E-state index in [0.29, 0.717) is 11.5 Å². The van der Waals surface area contributed by atoms with Crippen LogP contribution >= 0.6 is 0 Å². The number of aliphatic imine (C=N–C) groups is 1. The summed E-state index contributed by atoms with van der Waals surface area (Å²) in [6.07, 6.45) is 6.95. The number of halogens is 2. The van der Waals surface area contributed by atoms with E-state index in [1.807, 2.05) is 0 Å². The molecule has 26 heavy (non-hydrogen) atoms. The number of ether oxygens (including phenoxy) is 1. The highest BCUT2D eigenvalue weighted by atomic mass is 19.2. The normalized spacial score (nSPS) is 18.4. The molecule has 0 spiro atoms. The molecule has 4 rings (SSSR count). The monoisotopic (exact) mass is 356 g/mol. The fraction of sp³-hybridized carbons (Fsp3) is 0.222. The first-order valence-electron chi connectivity index (χ1n) is 8.15. The number of carbonyl (C=O) groups is 1. The molecule has 1 saturated heterocycles. The molecule has 1 fully saturated rings. The number of hydrogen-bond donors (Lipinski definition) is 0. The predicted octanol–water partition coefficient (Wildman–Crippen LogP) is 2.70. The first-order chi connectivity index (χ1) is 12.6. The van der Waals surface area contributed by atoms with Crippen LogP contribution in [0.3, 0.4) is 0 Å². The average molecular weight is 356 g/mol. The lowest BCUT2D eigenvalue weighted by Crippen LogP contribution is -2.20. The molecule has 0 bridgehead atoms. The van der Waals surface area contributed by atoms with Crippen molar-refractivity contribution >= 4 is 23.9 Å². The lowest BCUT2D eigenvalue weighted by Gasteiger charge is -2.14. The van der Waals surface area contributed by atoms with Gasteiger partial charge in [0, 0.05) is 36.6 Å². The third-order valence-corrected chi connectivity index (χ3v) is 4.14. The Hall–Kier alpha value is -3.16. The molecule has 2 aromatic rings. The summed E-state index contributed by atoms with van der Waals surface area (Å²) in [5.41, 5.74) is 0.818. The summed E-state index contributed by atoms with van der Waals surface area (Å²) < 4.78 is 31.4. The van der Waals surface area contributed by atoms with Crippen LogP contribution in [0.2, 0.25) is 0 Å². The highest BCUT2D eigenvalue weighted by Gasteiger charge is 2.25. The second-order valence-electron chi connectivity index (χ2n) is 5.98. The molecule has 1 aromatic heterocycles. The lowest BCUT2D eigenvalue weighted by molar-refractivity contribution is -0.129. The lowest BCUT2D eigenvalue weighted by atomic mass is 10.2. The minimum atomic E-state index is -1.04. The minimum Gasteiger partial charge on any atom is -0.402 e. The van der Waals surface area contributed by atoms with Gasteiger partial charge in [0.2, 0.25) is 11.8 Å². The molecule has 1 aromatic carbocycles. The Kier molecular flexibility index (Phi) is 4.16. The zero-order valence-corrected chi connectivity index (χ0v) is 13.7. The van der Waals surface area contributed by atoms with Crippen molar-refractivity contribution in [3.05, 3.63) is 59.1 Å². The molecule has 8 heteroatoms. The van der Waals surface area contributed by atoms with E-state index < -0.39 is 17.6 Å². The molecule has 0 amide bonds. The van der Waals surface area contributed by atoms with E-state index in [0.717, 1.165) is 38.1 Å². The molecule has 6 nitrogen and oxygen atoms in total. The average Bonchev–Trinajstić information content (AvgIpc) is 3.29. The molecular weight excluding hydrogens is 342 g/mol. The number of benzene rings is 1. The number of anilines is 1. The molecule has 0 saturated carbocycles. The summed E-state index contributed by atoms with van der Waals surface area (Å²) in [5.74, 6) is -2.11. The van der Waals surface area contributed by atoms with Gasteiger partial charge in [-0.25, -0.2) is 28.5 Å². The van der Waals surface area contributed by atoms with Gasteiger partial charge in [0.25, 0.3) is 0 Å². The highest BCUT2D eigenvalue weighted by molar-refractivity contribution is 6.12. The largest absolute Gasteiger partial charge is 0.402 e. The number of esters is 1. The third-order valence-electron chi connectivity index (χ3n) is 4.14. The fourth-order valence-corrected chi connectivity index (χ4v) is 2.81. The van der Waals surface area contributed by atoms with Gasteiger partial charge in [0.15, 0.2) is 17.3 Å². The van der Waals surface area contributed by atoms with Crippen molar-refractivity contribution in [3.8, 4) is 0 Å². The van der Waals surface area contributed by atoms with Crippen molar-refractivity contribution in [3.63, 3.8) is 0 Å². The van der Waals surface area contributed by atoms with Crippen molar-refractivity contribution in [2.45, 2.75) is 12.8 Å². The molecule has 132 valence electrons. The SMILES string of the molecule is O=C1OC(c2ccc(F)c(F)c2)=N/C1=C/c1cnc(N2CCCC2)nc1. The minimum absolute atomic E-state index is 0.0438. The van der Waals surface area contributed by atoms with Crippen LogP contribution < -0.4 is 4.90 Å². The highest BCUT2D eigenvalue weighted by Crippen LogP contribution is 2.21. The summed E-state index contributed by atoms with van der Waals surface area (Å²) in [6, 6.07) is 3.17. The zero-order valence-electron chi connectivity index (χ0n) is 13.7. The molecule has 0 aliphatic carbocycles. The Morgan fingerprint density at radius 3 is 2.50 bits per heavy atom. The van der Waals surface area contributed by atoms with Crippen LogP contribution in [0.25, 0.3) is 6.08 Å². The predicted molar refractivity (Wildman–Crippen MR) is 90.4 cm³/mol. The first-order valence-corrected chi connectivity index (χ1v) is 8.15. The summed E-state index contributed by atoms with van der Waals surface area (Å²) >= 11 is 0. The van der Waals surface area contributed by atoms with E-state index in [9.17, 15) is 13.6 Å². The van der Waals surface area contributed by atoms with Crippen LogP contribution in [0.1, 0.15) is 24.0 Å². The van der Waals surface area contributed by atoms with Gasteiger partial charge in [-0.3, -0.25) is 0 Å². The van der Waals surface area contributed by atoms with Crippen LogP contribution in [-0.2, 0) is 9.53 Å². The quantitative estimate of drug-likeness (QED) is 0.625. The van der Waals surface area contributed by atoms with Gasteiger partial charge < -0.3 is 9.64 Å². The van der Waals surface area contributed by atoms with Crippen molar-refractivity contribution in [1.82, 2.24) is 9.97 Å². The topological polar surface area (TPSA) is 67.7 Å². The van der Waals surface area contributed by atoms with Crippen molar-refractivity contribution < 1.29 is 18.3 Å². The second-order valence-corrected chi connectivity index (χ2v) is 5.98. The van der Waals surface area contributed by atoms with Crippen LogP contribution in [0.4, 0.5) is 14.7 Å². The van der Waals surface area contributed by atoms with Gasteiger partial charge in [-0.15, -0.1) is 0 Å². The summed E-state index contributed by atoms with van der Waals surface area (Å²) in [7, 11) is 0. The van der Waals surface area contributed by atoms with Gasteiger partial charge >= 0.3 is 5.97 Å². The Bertz CT molecular complexity index is 919. The Labute approximate surface area is 147 Å². The van der Waals surface area contributed by atoms with E-state index in [2.05, 4.69) is 19.9 Å². The number of cyclic esters (lactones) is 1. The zero-order chi connectivity index (χ0) is 18.1.